The smallest absolute Gasteiger partial charge is 0.457 e. The number of phosphoric acid groups is 1. The molecule has 5 N–H and O–H groups in total. The molecule has 180 valence electrons. The minimum atomic E-state index is -4.73. The first-order valence-corrected chi connectivity index (χ1v) is 12.3. The summed E-state index contributed by atoms with van der Waals surface area (Å²) in [6.07, 6.45) is 0. The average molecular weight is 492 g/mol. The van der Waals surface area contributed by atoms with Crippen LogP contribution in [-0.4, -0.2) is 27.8 Å². The molecule has 0 radical (unpaired) electrons. The second-order valence-electron chi connectivity index (χ2n) is 8.35. The first-order chi connectivity index (χ1) is 16.6. The molecule has 0 spiro atoms. The Bertz CT molecular complexity index is 1380. The number of fused-ring (bicyclic) bond motifs is 1. The van der Waals surface area contributed by atoms with Crippen molar-refractivity contribution in [2.75, 3.05) is 11.9 Å². The summed E-state index contributed by atoms with van der Waals surface area (Å²) in [7, 11) is -4.73. The number of amides is 1. The molecule has 0 saturated heterocycles. The predicted octanol–water partition coefficient (Wildman–Crippen LogP) is 5.06. The van der Waals surface area contributed by atoms with Crippen molar-refractivity contribution in [1.82, 2.24) is 0 Å². The first-order valence-electron chi connectivity index (χ1n) is 10.8. The van der Waals surface area contributed by atoms with Crippen molar-refractivity contribution in [1.29, 1.82) is 0 Å². The molecule has 4 aromatic rings. The van der Waals surface area contributed by atoms with E-state index in [4.69, 9.17) is 20.3 Å². The van der Waals surface area contributed by atoms with E-state index in [-0.39, 0.29) is 0 Å². The molecule has 1 atom stereocenters. The van der Waals surface area contributed by atoms with Gasteiger partial charge in [-0.25, -0.2) is 4.57 Å². The summed E-state index contributed by atoms with van der Waals surface area (Å²) < 4.78 is 21.2. The van der Waals surface area contributed by atoms with Crippen LogP contribution < -0.4 is 15.8 Å². The van der Waals surface area contributed by atoms with Crippen LogP contribution in [0.3, 0.4) is 0 Å². The van der Waals surface area contributed by atoms with Crippen LogP contribution in [0.25, 0.3) is 21.9 Å². The van der Waals surface area contributed by atoms with Crippen molar-refractivity contribution >= 4 is 30.2 Å². The Labute approximate surface area is 202 Å². The zero-order chi connectivity index (χ0) is 25.1. The minimum absolute atomic E-state index is 0.446. The van der Waals surface area contributed by atoms with E-state index in [9.17, 15) is 9.36 Å². The lowest BCUT2D eigenvalue weighted by molar-refractivity contribution is -0.121. The Kier molecular flexibility index (Phi) is 7.03. The van der Waals surface area contributed by atoms with E-state index in [1.54, 1.807) is 24.3 Å². The fourth-order valence-electron chi connectivity index (χ4n) is 3.40. The van der Waals surface area contributed by atoms with Crippen molar-refractivity contribution in [3.8, 4) is 22.6 Å². The summed E-state index contributed by atoms with van der Waals surface area (Å²) in [5.74, 6) is 0.596. The number of phosphoric ester groups is 1. The van der Waals surface area contributed by atoms with Crippen LogP contribution in [0.1, 0.15) is 6.92 Å². The van der Waals surface area contributed by atoms with Crippen LogP contribution in [0, 0.1) is 0 Å². The number of benzene rings is 4. The van der Waals surface area contributed by atoms with Crippen LogP contribution >= 0.6 is 7.82 Å². The summed E-state index contributed by atoms with van der Waals surface area (Å²) in [5.41, 5.74) is 6.94. The number of rotatable bonds is 8. The summed E-state index contributed by atoms with van der Waals surface area (Å²) in [6, 6.07) is 29.0. The highest BCUT2D eigenvalue weighted by Crippen LogP contribution is 2.36. The van der Waals surface area contributed by atoms with E-state index < -0.39 is 25.9 Å². The minimum Gasteiger partial charge on any atom is -0.457 e. The van der Waals surface area contributed by atoms with E-state index in [1.807, 2.05) is 36.4 Å². The summed E-state index contributed by atoms with van der Waals surface area (Å²) >= 11 is 0. The molecule has 4 rings (SSSR count). The number of ether oxygens (including phenoxy) is 1. The van der Waals surface area contributed by atoms with Crippen LogP contribution in [0.4, 0.5) is 5.69 Å². The molecule has 0 bridgehead atoms. The highest BCUT2D eigenvalue weighted by molar-refractivity contribution is 7.46. The number of anilines is 1. The van der Waals surface area contributed by atoms with E-state index in [1.165, 1.54) is 6.92 Å². The molecule has 0 aliphatic rings. The fourth-order valence-corrected chi connectivity index (χ4v) is 3.83. The van der Waals surface area contributed by atoms with Crippen LogP contribution in [-0.2, 0) is 13.9 Å². The molecule has 1 amide bonds. The van der Waals surface area contributed by atoms with Gasteiger partial charge in [0.2, 0.25) is 5.91 Å². The van der Waals surface area contributed by atoms with Gasteiger partial charge in [-0.1, -0.05) is 48.5 Å². The summed E-state index contributed by atoms with van der Waals surface area (Å²) in [5, 5.41) is 4.75. The molecule has 0 fully saturated rings. The highest BCUT2D eigenvalue weighted by Gasteiger charge is 2.32. The molecular formula is C26H25N2O6P. The van der Waals surface area contributed by atoms with Crippen molar-refractivity contribution in [2.45, 2.75) is 12.5 Å². The molecule has 0 aromatic heterocycles. The predicted molar refractivity (Wildman–Crippen MR) is 135 cm³/mol. The third kappa shape index (κ3) is 6.54. The van der Waals surface area contributed by atoms with Crippen molar-refractivity contribution in [3.05, 3.63) is 91.0 Å². The molecule has 0 heterocycles. The second kappa shape index (κ2) is 10.00. The van der Waals surface area contributed by atoms with Gasteiger partial charge in [-0.3, -0.25) is 9.32 Å². The van der Waals surface area contributed by atoms with Gasteiger partial charge in [-0.05, 0) is 71.3 Å². The topological polar surface area (TPSA) is 131 Å². The lowest BCUT2D eigenvalue weighted by atomic mass is 10.0. The summed E-state index contributed by atoms with van der Waals surface area (Å²) in [6.45, 7) is 0.678. The van der Waals surface area contributed by atoms with Crippen molar-refractivity contribution in [2.24, 2.45) is 5.73 Å². The van der Waals surface area contributed by atoms with Gasteiger partial charge in [0, 0.05) is 5.69 Å². The van der Waals surface area contributed by atoms with Crippen LogP contribution in [0.15, 0.2) is 91.0 Å². The Morgan fingerprint density at radius 2 is 1.51 bits per heavy atom. The number of hydrogen-bond donors (Lipinski definition) is 4. The van der Waals surface area contributed by atoms with Gasteiger partial charge in [0.1, 0.15) is 17.0 Å². The Balaban J connectivity index is 1.41. The number of hydrogen-bond acceptors (Lipinski definition) is 5. The molecule has 4 aromatic carbocycles. The van der Waals surface area contributed by atoms with Gasteiger partial charge in [-0.15, -0.1) is 0 Å². The molecule has 0 saturated carbocycles. The fraction of sp³-hybridized carbons (Fsp3) is 0.115. The normalized spacial score (nSPS) is 13.3. The van der Waals surface area contributed by atoms with Crippen LogP contribution in [0.5, 0.6) is 11.5 Å². The Hall–Kier alpha value is -3.52. The number of nitrogens with two attached hydrogens (primary N) is 1. The zero-order valence-corrected chi connectivity index (χ0v) is 19.8. The van der Waals surface area contributed by atoms with Gasteiger partial charge in [-0.2, -0.15) is 0 Å². The van der Waals surface area contributed by atoms with E-state index in [2.05, 4.69) is 40.2 Å². The van der Waals surface area contributed by atoms with Gasteiger partial charge in [0.05, 0.1) is 6.61 Å². The quantitative estimate of drug-likeness (QED) is 0.253. The Morgan fingerprint density at radius 1 is 0.886 bits per heavy atom. The molecule has 9 heteroatoms. The number of carbonyl (C=O) groups excluding carboxylic acids is 1. The molecule has 35 heavy (non-hydrogen) atoms. The molecule has 1 unspecified atom stereocenters. The van der Waals surface area contributed by atoms with Crippen molar-refractivity contribution < 1.29 is 28.4 Å². The Morgan fingerprint density at radius 3 is 2.20 bits per heavy atom. The maximum absolute atomic E-state index is 12.4. The monoisotopic (exact) mass is 492 g/mol. The average Bonchev–Trinajstić information content (AvgIpc) is 2.84. The first kappa shape index (κ1) is 24.6. The molecule has 8 nitrogen and oxygen atoms in total. The molecular weight excluding hydrogens is 467 g/mol. The van der Waals surface area contributed by atoms with Gasteiger partial charge in [0.25, 0.3) is 0 Å². The lowest BCUT2D eigenvalue weighted by Crippen LogP contribution is -2.52. The second-order valence-corrected chi connectivity index (χ2v) is 9.59. The summed E-state index contributed by atoms with van der Waals surface area (Å²) in [4.78, 5) is 30.0. The standard InChI is InChI=1S/C26H25N2O6P/c1-26(27,17-33-35(30,31)32)25(29)28-22-10-13-23(14-11-22)34-24-12-9-20-15-19(7-8-21(20)16-24)18-5-3-2-4-6-18/h2-16H,17,27H2,1H3,(H,28,29)(H2,30,31,32). The SMILES string of the molecule is CC(N)(COP(=O)(O)O)C(=O)Nc1ccc(Oc2ccc3cc(-c4ccccc4)ccc3c2)cc1. The van der Waals surface area contributed by atoms with Gasteiger partial charge >= 0.3 is 7.82 Å². The molecule has 0 aliphatic carbocycles. The third-order valence-corrected chi connectivity index (χ3v) is 5.78. The van der Waals surface area contributed by atoms with Crippen LogP contribution in [0.2, 0.25) is 0 Å². The number of nitrogens with one attached hydrogen (secondary N) is 1. The maximum Gasteiger partial charge on any atom is 0.469 e. The third-order valence-electron chi connectivity index (χ3n) is 5.32. The van der Waals surface area contributed by atoms with E-state index >= 15 is 0 Å². The van der Waals surface area contributed by atoms with Gasteiger partial charge in [0.15, 0.2) is 0 Å². The lowest BCUT2D eigenvalue weighted by Gasteiger charge is -2.23. The highest BCUT2D eigenvalue weighted by atomic mass is 31.2. The van der Waals surface area contributed by atoms with E-state index in [0.29, 0.717) is 17.2 Å². The maximum atomic E-state index is 12.4. The zero-order valence-electron chi connectivity index (χ0n) is 18.9. The molecule has 0 aliphatic heterocycles. The number of carbonyl (C=O) groups is 1. The van der Waals surface area contributed by atoms with E-state index in [0.717, 1.165) is 21.9 Å². The van der Waals surface area contributed by atoms with Crippen molar-refractivity contribution in [3.63, 3.8) is 0 Å². The largest absolute Gasteiger partial charge is 0.469 e. The van der Waals surface area contributed by atoms with Gasteiger partial charge < -0.3 is 25.6 Å².